The number of nitriles is 1. The lowest BCUT2D eigenvalue weighted by atomic mass is 9.91. The van der Waals surface area contributed by atoms with Gasteiger partial charge in [-0.15, -0.1) is 0 Å². The third kappa shape index (κ3) is 7.99. The van der Waals surface area contributed by atoms with Crippen LogP contribution >= 0.6 is 0 Å². The van der Waals surface area contributed by atoms with Gasteiger partial charge in [0.05, 0.1) is 29.6 Å². The van der Waals surface area contributed by atoms with E-state index in [4.69, 9.17) is 6.57 Å². The molecule has 0 spiro atoms. The Morgan fingerprint density at radius 1 is 0.361 bits per heavy atom. The average Bonchev–Trinajstić information content (AvgIpc) is 3.44. The van der Waals surface area contributed by atoms with E-state index in [1.165, 1.54) is 24.3 Å². The van der Waals surface area contributed by atoms with Crippen LogP contribution in [0, 0.1) is 29.5 Å². The summed E-state index contributed by atoms with van der Waals surface area (Å²) >= 11 is 0. The number of halogens is 2. The first-order chi connectivity index (χ1) is 35.4. The minimum absolute atomic E-state index is 0.329. The number of benzene rings is 12. The van der Waals surface area contributed by atoms with Gasteiger partial charge in [-0.1, -0.05) is 133 Å². The molecule has 12 aromatic carbocycles. The zero-order chi connectivity index (χ0) is 48.7. The second-order valence-corrected chi connectivity index (χ2v) is 17.8. The topological polar surface area (TPSA) is 34.6 Å². The highest BCUT2D eigenvalue weighted by molar-refractivity contribution is 6.28. The number of hydrogen-bond acceptors (Lipinski definition) is 3. The number of nitrogens with zero attached hydrogens (tertiary/aromatic N) is 4. The van der Waals surface area contributed by atoms with Crippen molar-refractivity contribution in [1.82, 2.24) is 0 Å². The molecular formula is C66H40F2N4. The first-order valence-electron chi connectivity index (χ1n) is 23.6. The van der Waals surface area contributed by atoms with Crippen molar-refractivity contribution in [3.05, 3.63) is 271 Å². The maximum Gasteiger partial charge on any atom is 0.187 e. The molecule has 12 rings (SSSR count). The average molecular weight is 927 g/mol. The molecule has 338 valence electrons. The standard InChI is InChI=1S/C66H40F2N4/c1-70-56-26-16-47(17-27-56)53-37-51(45-10-6-3-7-11-45)39-60(41-53)72(58-30-24-55(68)25-31-58)64-35-21-49-18-32-61-63(34-20-48-19-33-62(64)66(49)65(48)61)71(57-28-22-54(67)23-29-57)59-38-50(44-8-4-2-5-9-44)36-52(40-59)46-14-12-43(42-69)13-15-46/h2-41H. The summed E-state index contributed by atoms with van der Waals surface area (Å²) < 4.78 is 29.7. The summed E-state index contributed by atoms with van der Waals surface area (Å²) in [6.45, 7) is 7.58. The SMILES string of the molecule is [C-]#[N+]c1ccc(-c2cc(-c3ccccc3)cc(N(c3ccc(F)cc3)c3ccc4ccc5c(N(c6ccc(F)cc6)c6cc(-c7ccccc7)cc(-c7ccc(C#N)cc7)c6)ccc6ccc3c4c65)c2)cc1. The summed E-state index contributed by atoms with van der Waals surface area (Å²) in [5.74, 6) is -0.660. The molecule has 12 aromatic rings. The van der Waals surface area contributed by atoms with Gasteiger partial charge in [0.1, 0.15) is 11.6 Å². The van der Waals surface area contributed by atoms with E-state index in [-0.39, 0.29) is 11.6 Å². The van der Waals surface area contributed by atoms with Gasteiger partial charge in [0, 0.05) is 33.5 Å². The molecule has 0 bridgehead atoms. The zero-order valence-electron chi connectivity index (χ0n) is 38.6. The summed E-state index contributed by atoms with van der Waals surface area (Å²) in [5.41, 5.74) is 14.2. The van der Waals surface area contributed by atoms with Crippen molar-refractivity contribution < 1.29 is 8.78 Å². The van der Waals surface area contributed by atoms with Crippen molar-refractivity contribution in [2.24, 2.45) is 0 Å². The van der Waals surface area contributed by atoms with Crippen molar-refractivity contribution in [2.75, 3.05) is 9.80 Å². The molecule has 0 saturated heterocycles. The Hall–Kier alpha value is -9.88. The summed E-state index contributed by atoms with van der Waals surface area (Å²) in [4.78, 5) is 8.05. The van der Waals surface area contributed by atoms with Crippen LogP contribution in [0.15, 0.2) is 243 Å². The molecule has 6 heteroatoms. The molecule has 4 nitrogen and oxygen atoms in total. The molecule has 0 unspecified atom stereocenters. The van der Waals surface area contributed by atoms with Crippen LogP contribution in [-0.2, 0) is 0 Å². The molecule has 72 heavy (non-hydrogen) atoms. The van der Waals surface area contributed by atoms with Gasteiger partial charge in [0.15, 0.2) is 5.69 Å². The van der Waals surface area contributed by atoms with E-state index < -0.39 is 0 Å². The normalized spacial score (nSPS) is 11.2. The van der Waals surface area contributed by atoms with E-state index >= 15 is 0 Å². The predicted molar refractivity (Wildman–Crippen MR) is 292 cm³/mol. The van der Waals surface area contributed by atoms with Gasteiger partial charge in [-0.3, -0.25) is 0 Å². The Balaban J connectivity index is 1.09. The minimum Gasteiger partial charge on any atom is -0.310 e. The lowest BCUT2D eigenvalue weighted by Crippen LogP contribution is -2.12. The Labute approximate surface area is 415 Å². The largest absolute Gasteiger partial charge is 0.310 e. The first-order valence-corrected chi connectivity index (χ1v) is 23.6. The lowest BCUT2D eigenvalue weighted by molar-refractivity contribution is 0.627. The van der Waals surface area contributed by atoms with Crippen molar-refractivity contribution in [1.29, 1.82) is 5.26 Å². The number of rotatable bonds is 10. The molecule has 0 aromatic heterocycles. The Bertz CT molecular complexity index is 3780. The van der Waals surface area contributed by atoms with Crippen LogP contribution in [-0.4, -0.2) is 0 Å². The maximum atomic E-state index is 14.9. The fourth-order valence-corrected chi connectivity index (χ4v) is 10.1. The van der Waals surface area contributed by atoms with Crippen LogP contribution in [0.2, 0.25) is 0 Å². The van der Waals surface area contributed by atoms with Gasteiger partial charge in [0.2, 0.25) is 0 Å². The van der Waals surface area contributed by atoms with E-state index in [0.29, 0.717) is 11.3 Å². The third-order valence-corrected chi connectivity index (χ3v) is 13.5. The fourth-order valence-electron chi connectivity index (χ4n) is 10.1. The molecule has 0 aliphatic heterocycles. The smallest absolute Gasteiger partial charge is 0.187 e. The van der Waals surface area contributed by atoms with Gasteiger partial charge in [-0.05, 0) is 175 Å². The molecule has 0 aliphatic rings. The molecule has 0 heterocycles. The summed E-state index contributed by atoms with van der Waals surface area (Å²) in [5, 5.41) is 15.9. The minimum atomic E-state index is -0.331. The fraction of sp³-hybridized carbons (Fsp3) is 0. The molecule has 0 fully saturated rings. The molecule has 0 atom stereocenters. The van der Waals surface area contributed by atoms with Crippen LogP contribution in [0.5, 0.6) is 0 Å². The predicted octanol–water partition coefficient (Wildman–Crippen LogP) is 18.9. The molecule has 0 amide bonds. The van der Waals surface area contributed by atoms with Crippen molar-refractivity contribution in [2.45, 2.75) is 0 Å². The van der Waals surface area contributed by atoms with Gasteiger partial charge < -0.3 is 9.80 Å². The molecule has 0 saturated carbocycles. The highest BCUT2D eigenvalue weighted by Gasteiger charge is 2.24. The highest BCUT2D eigenvalue weighted by atomic mass is 19.1. The summed E-state index contributed by atoms with van der Waals surface area (Å²) in [6, 6.07) is 81.7. The van der Waals surface area contributed by atoms with Crippen LogP contribution in [0.3, 0.4) is 0 Å². The Kier molecular flexibility index (Phi) is 11.0. The van der Waals surface area contributed by atoms with Crippen molar-refractivity contribution >= 4 is 72.1 Å². The van der Waals surface area contributed by atoms with Crippen molar-refractivity contribution in [3.8, 4) is 50.6 Å². The number of hydrogen-bond donors (Lipinski definition) is 0. The maximum absolute atomic E-state index is 14.9. The molecule has 0 N–H and O–H groups in total. The Morgan fingerprint density at radius 3 is 1.12 bits per heavy atom. The van der Waals surface area contributed by atoms with E-state index in [1.54, 1.807) is 0 Å². The van der Waals surface area contributed by atoms with Gasteiger partial charge in [0.25, 0.3) is 0 Å². The lowest BCUT2D eigenvalue weighted by Gasteiger charge is -2.30. The molecule has 0 radical (unpaired) electrons. The quantitative estimate of drug-likeness (QED) is 0.101. The third-order valence-electron chi connectivity index (χ3n) is 13.5. The molecule has 0 aliphatic carbocycles. The summed E-state index contributed by atoms with van der Waals surface area (Å²) in [6.07, 6.45) is 0. The van der Waals surface area contributed by atoms with Gasteiger partial charge >= 0.3 is 0 Å². The van der Waals surface area contributed by atoms with Crippen LogP contribution in [0.4, 0.5) is 48.6 Å². The number of anilines is 6. The van der Waals surface area contributed by atoms with Crippen LogP contribution in [0.1, 0.15) is 5.56 Å². The molecular weight excluding hydrogens is 887 g/mol. The zero-order valence-corrected chi connectivity index (χ0v) is 38.6. The first kappa shape index (κ1) is 43.4. The second kappa shape index (κ2) is 18.2. The van der Waals surface area contributed by atoms with Gasteiger partial charge in [-0.25, -0.2) is 13.6 Å². The van der Waals surface area contributed by atoms with E-state index in [1.807, 2.05) is 109 Å². The van der Waals surface area contributed by atoms with Crippen molar-refractivity contribution in [3.63, 3.8) is 0 Å². The van der Waals surface area contributed by atoms with E-state index in [0.717, 1.165) is 111 Å². The van der Waals surface area contributed by atoms with E-state index in [9.17, 15) is 14.0 Å². The highest BCUT2D eigenvalue weighted by Crippen LogP contribution is 2.49. The summed E-state index contributed by atoms with van der Waals surface area (Å²) in [7, 11) is 0. The second-order valence-electron chi connectivity index (χ2n) is 17.8. The van der Waals surface area contributed by atoms with Gasteiger partial charge in [-0.2, -0.15) is 5.26 Å². The van der Waals surface area contributed by atoms with E-state index in [2.05, 4.69) is 130 Å². The monoisotopic (exact) mass is 926 g/mol. The Morgan fingerprint density at radius 2 is 0.736 bits per heavy atom. The van der Waals surface area contributed by atoms with Crippen LogP contribution in [0.25, 0.3) is 81.7 Å². The van der Waals surface area contributed by atoms with Crippen LogP contribution < -0.4 is 9.80 Å².